The molecule has 0 aromatic carbocycles. The monoisotopic (exact) mass is 309 g/mol. The van der Waals surface area contributed by atoms with Gasteiger partial charge in [0.2, 0.25) is 5.91 Å². The molecule has 2 atom stereocenters. The molecule has 6 heteroatoms. The average molecular weight is 309 g/mol. The minimum atomic E-state index is -4.21. The van der Waals surface area contributed by atoms with Crippen LogP contribution in [0.2, 0.25) is 0 Å². The molecule has 1 saturated carbocycles. The first kappa shape index (κ1) is 18.3. The molecule has 0 aromatic rings. The third-order valence-electron chi connectivity index (χ3n) is 4.98. The van der Waals surface area contributed by atoms with E-state index in [-0.39, 0.29) is 30.8 Å². The number of carbonyl (C=O) groups excluding carboxylic acids is 1. The van der Waals surface area contributed by atoms with Crippen molar-refractivity contribution in [3.63, 3.8) is 0 Å². The Labute approximate surface area is 124 Å². The third-order valence-corrected chi connectivity index (χ3v) is 4.98. The standard InChI is InChI=1S/C15H26F3NO2/c1-3-14(4-2,10-20)9-19-13(21)11-6-5-7-12(8-11)15(16,17)18/h11-12,20H,3-10H2,1-2H3,(H,19,21). The summed E-state index contributed by atoms with van der Waals surface area (Å²) in [5, 5.41) is 12.2. The molecule has 0 bridgehead atoms. The summed E-state index contributed by atoms with van der Waals surface area (Å²) in [6, 6.07) is 0. The van der Waals surface area contributed by atoms with Crippen LogP contribution in [0.25, 0.3) is 0 Å². The van der Waals surface area contributed by atoms with Crippen molar-refractivity contribution in [2.75, 3.05) is 13.2 Å². The Balaban J connectivity index is 2.55. The lowest BCUT2D eigenvalue weighted by Gasteiger charge is -2.33. The zero-order chi connectivity index (χ0) is 16.1. The Morgan fingerprint density at radius 1 is 1.24 bits per heavy atom. The lowest BCUT2D eigenvalue weighted by Crippen LogP contribution is -2.43. The normalized spacial score (nSPS) is 23.9. The topological polar surface area (TPSA) is 49.3 Å². The van der Waals surface area contributed by atoms with E-state index in [1.165, 1.54) is 0 Å². The summed E-state index contributed by atoms with van der Waals surface area (Å²) < 4.78 is 38.3. The number of rotatable bonds is 6. The zero-order valence-corrected chi connectivity index (χ0v) is 12.8. The molecule has 1 rings (SSSR count). The lowest BCUT2D eigenvalue weighted by atomic mass is 9.79. The van der Waals surface area contributed by atoms with E-state index >= 15 is 0 Å². The zero-order valence-electron chi connectivity index (χ0n) is 12.8. The summed E-state index contributed by atoms with van der Waals surface area (Å²) in [6.07, 6.45) is -1.80. The number of hydrogen-bond acceptors (Lipinski definition) is 2. The largest absolute Gasteiger partial charge is 0.396 e. The molecule has 2 unspecified atom stereocenters. The van der Waals surface area contributed by atoms with Gasteiger partial charge in [-0.3, -0.25) is 4.79 Å². The van der Waals surface area contributed by atoms with Crippen LogP contribution in [0.1, 0.15) is 52.4 Å². The van der Waals surface area contributed by atoms with Crippen molar-refractivity contribution in [1.29, 1.82) is 0 Å². The minimum absolute atomic E-state index is 0.0316. The molecule has 0 spiro atoms. The first-order valence-electron chi connectivity index (χ1n) is 7.73. The van der Waals surface area contributed by atoms with Crippen molar-refractivity contribution in [3.05, 3.63) is 0 Å². The van der Waals surface area contributed by atoms with Gasteiger partial charge in [-0.05, 0) is 32.1 Å². The maximum atomic E-state index is 12.8. The molecule has 0 radical (unpaired) electrons. The highest BCUT2D eigenvalue weighted by Gasteiger charge is 2.43. The molecule has 124 valence electrons. The number of halogens is 3. The SMILES string of the molecule is CCC(CC)(CO)CNC(=O)C1CCCC(C(F)(F)F)C1. The maximum absolute atomic E-state index is 12.8. The fourth-order valence-corrected chi connectivity index (χ4v) is 2.92. The summed E-state index contributed by atoms with van der Waals surface area (Å²) >= 11 is 0. The van der Waals surface area contributed by atoms with Crippen molar-refractivity contribution in [2.24, 2.45) is 17.3 Å². The van der Waals surface area contributed by atoms with E-state index < -0.39 is 18.0 Å². The molecule has 1 aliphatic carbocycles. The average Bonchev–Trinajstić information content (AvgIpc) is 2.48. The number of alkyl halides is 3. The first-order valence-corrected chi connectivity index (χ1v) is 7.73. The van der Waals surface area contributed by atoms with Crippen molar-refractivity contribution in [1.82, 2.24) is 5.32 Å². The van der Waals surface area contributed by atoms with Crippen LogP contribution in [-0.2, 0) is 4.79 Å². The van der Waals surface area contributed by atoms with Crippen LogP contribution >= 0.6 is 0 Å². The first-order chi connectivity index (χ1) is 9.78. The molecule has 0 aromatic heterocycles. The Hall–Kier alpha value is -0.780. The molecule has 0 heterocycles. The quantitative estimate of drug-likeness (QED) is 0.791. The van der Waals surface area contributed by atoms with Crippen LogP contribution in [-0.4, -0.2) is 30.3 Å². The van der Waals surface area contributed by atoms with Crippen LogP contribution in [0.4, 0.5) is 13.2 Å². The predicted molar refractivity (Wildman–Crippen MR) is 74.6 cm³/mol. The lowest BCUT2D eigenvalue weighted by molar-refractivity contribution is -0.186. The fraction of sp³-hybridized carbons (Fsp3) is 0.933. The number of aliphatic hydroxyl groups is 1. The van der Waals surface area contributed by atoms with Gasteiger partial charge in [-0.15, -0.1) is 0 Å². The van der Waals surface area contributed by atoms with E-state index in [0.29, 0.717) is 19.4 Å². The van der Waals surface area contributed by atoms with Gasteiger partial charge in [0.1, 0.15) is 0 Å². The number of aliphatic hydroxyl groups excluding tert-OH is 1. The van der Waals surface area contributed by atoms with Gasteiger partial charge in [-0.25, -0.2) is 0 Å². The van der Waals surface area contributed by atoms with Gasteiger partial charge in [0.05, 0.1) is 12.5 Å². The molecule has 3 nitrogen and oxygen atoms in total. The predicted octanol–water partition coefficient (Wildman–Crippen LogP) is 3.27. The van der Waals surface area contributed by atoms with Gasteiger partial charge >= 0.3 is 6.18 Å². The fourth-order valence-electron chi connectivity index (χ4n) is 2.92. The molecule has 21 heavy (non-hydrogen) atoms. The number of amides is 1. The molecule has 0 aliphatic heterocycles. The van der Waals surface area contributed by atoms with Gasteiger partial charge in [-0.1, -0.05) is 20.3 Å². The molecule has 2 N–H and O–H groups in total. The highest BCUT2D eigenvalue weighted by Crippen LogP contribution is 2.40. The molecule has 1 aliphatic rings. The van der Waals surface area contributed by atoms with Crippen molar-refractivity contribution >= 4 is 5.91 Å². The van der Waals surface area contributed by atoms with Gasteiger partial charge < -0.3 is 10.4 Å². The smallest absolute Gasteiger partial charge is 0.391 e. The van der Waals surface area contributed by atoms with Gasteiger partial charge in [0.25, 0.3) is 0 Å². The second kappa shape index (κ2) is 7.47. The summed E-state index contributed by atoms with van der Waals surface area (Å²) in [5.74, 6) is -2.22. The van der Waals surface area contributed by atoms with E-state index in [0.717, 1.165) is 12.8 Å². The minimum Gasteiger partial charge on any atom is -0.396 e. The molecule has 1 fully saturated rings. The Bertz CT molecular complexity index is 332. The second-order valence-corrected chi connectivity index (χ2v) is 6.19. The van der Waals surface area contributed by atoms with Crippen LogP contribution in [0, 0.1) is 17.3 Å². The van der Waals surface area contributed by atoms with Crippen LogP contribution in [0.15, 0.2) is 0 Å². The van der Waals surface area contributed by atoms with E-state index in [2.05, 4.69) is 5.32 Å². The second-order valence-electron chi connectivity index (χ2n) is 6.19. The summed E-state index contributed by atoms with van der Waals surface area (Å²) in [6.45, 7) is 4.16. The van der Waals surface area contributed by atoms with Gasteiger partial charge in [0.15, 0.2) is 0 Å². The third kappa shape index (κ3) is 4.87. The number of hydrogen-bond donors (Lipinski definition) is 2. The van der Waals surface area contributed by atoms with Gasteiger partial charge in [0, 0.05) is 17.9 Å². The van der Waals surface area contributed by atoms with Gasteiger partial charge in [-0.2, -0.15) is 13.2 Å². The van der Waals surface area contributed by atoms with Crippen LogP contribution < -0.4 is 5.32 Å². The van der Waals surface area contributed by atoms with Crippen LogP contribution in [0.3, 0.4) is 0 Å². The highest BCUT2D eigenvalue weighted by atomic mass is 19.4. The highest BCUT2D eigenvalue weighted by molar-refractivity contribution is 5.78. The molecule has 0 saturated heterocycles. The maximum Gasteiger partial charge on any atom is 0.391 e. The Morgan fingerprint density at radius 3 is 2.33 bits per heavy atom. The van der Waals surface area contributed by atoms with E-state index in [1.54, 1.807) is 0 Å². The number of nitrogens with one attached hydrogen (secondary N) is 1. The number of carbonyl (C=O) groups is 1. The van der Waals surface area contributed by atoms with Crippen molar-refractivity contribution < 1.29 is 23.1 Å². The van der Waals surface area contributed by atoms with Crippen molar-refractivity contribution in [2.45, 2.75) is 58.5 Å². The molecular weight excluding hydrogens is 283 g/mol. The summed E-state index contributed by atoms with van der Waals surface area (Å²) in [4.78, 5) is 12.1. The summed E-state index contributed by atoms with van der Waals surface area (Å²) in [7, 11) is 0. The summed E-state index contributed by atoms with van der Waals surface area (Å²) in [5.41, 5.74) is -0.367. The van der Waals surface area contributed by atoms with E-state index in [1.807, 2.05) is 13.8 Å². The molecular formula is C15H26F3NO2. The Kier molecular flexibility index (Phi) is 6.50. The molecule has 1 amide bonds. The Morgan fingerprint density at radius 2 is 1.86 bits per heavy atom. The van der Waals surface area contributed by atoms with Crippen molar-refractivity contribution in [3.8, 4) is 0 Å². The van der Waals surface area contributed by atoms with E-state index in [9.17, 15) is 23.1 Å². The van der Waals surface area contributed by atoms with E-state index in [4.69, 9.17) is 0 Å². The van der Waals surface area contributed by atoms with Crippen LogP contribution in [0.5, 0.6) is 0 Å².